The number of carbonyl (C=O) groups excluding carboxylic acids is 2. The zero-order valence-corrected chi connectivity index (χ0v) is 10.9. The van der Waals surface area contributed by atoms with Gasteiger partial charge in [0, 0.05) is 0 Å². The lowest BCUT2D eigenvalue weighted by Gasteiger charge is -2.06. The molecule has 96 valence electrons. The predicted octanol–water partition coefficient (Wildman–Crippen LogP) is 0.0987. The van der Waals surface area contributed by atoms with Crippen LogP contribution >= 0.6 is 15.9 Å². The number of hydrogen-bond donors (Lipinski definition) is 3. The highest BCUT2D eigenvalue weighted by molar-refractivity contribution is 9.10. The molecule has 0 unspecified atom stereocenters. The Labute approximate surface area is 111 Å². The van der Waals surface area contributed by atoms with Crippen molar-refractivity contribution in [3.05, 3.63) is 22.2 Å². The van der Waals surface area contributed by atoms with Crippen LogP contribution in [0.1, 0.15) is 5.56 Å². The van der Waals surface area contributed by atoms with E-state index in [-0.39, 0.29) is 11.5 Å². The molecule has 4 N–H and O–H groups in total. The number of ether oxygens (including phenoxy) is 1. The van der Waals surface area contributed by atoms with Crippen molar-refractivity contribution in [1.82, 2.24) is 5.43 Å². The predicted molar refractivity (Wildman–Crippen MR) is 67.3 cm³/mol. The van der Waals surface area contributed by atoms with Crippen LogP contribution in [0.15, 0.2) is 21.7 Å². The number of methoxy groups -OCH3 is 1. The molecular weight excluding hydrogens is 306 g/mol. The van der Waals surface area contributed by atoms with Crippen molar-refractivity contribution in [2.75, 3.05) is 7.11 Å². The highest BCUT2D eigenvalue weighted by Gasteiger charge is 2.08. The largest absolute Gasteiger partial charge is 0.503 e. The van der Waals surface area contributed by atoms with Crippen LogP contribution in [0.25, 0.3) is 0 Å². The van der Waals surface area contributed by atoms with E-state index in [9.17, 15) is 14.7 Å². The minimum atomic E-state index is -1.13. The van der Waals surface area contributed by atoms with Crippen molar-refractivity contribution in [2.45, 2.75) is 0 Å². The number of nitrogens with zero attached hydrogens (tertiary/aromatic N) is 1. The molecule has 0 fully saturated rings. The van der Waals surface area contributed by atoms with Gasteiger partial charge in [0.05, 0.1) is 17.8 Å². The quantitative estimate of drug-likeness (QED) is 0.417. The topological polar surface area (TPSA) is 114 Å². The molecule has 0 saturated carbocycles. The molecule has 2 amide bonds. The van der Waals surface area contributed by atoms with E-state index < -0.39 is 11.8 Å². The molecule has 0 heterocycles. The first kappa shape index (κ1) is 14.0. The Morgan fingerprint density at radius 1 is 1.56 bits per heavy atom. The number of rotatable bonds is 3. The molecular formula is C10H10BrN3O4. The van der Waals surface area contributed by atoms with Gasteiger partial charge in [-0.05, 0) is 33.6 Å². The number of hydrazone groups is 1. The van der Waals surface area contributed by atoms with Crippen LogP contribution < -0.4 is 15.9 Å². The Bertz CT molecular complexity index is 516. The highest BCUT2D eigenvalue weighted by atomic mass is 79.9. The van der Waals surface area contributed by atoms with Crippen molar-refractivity contribution in [2.24, 2.45) is 10.8 Å². The number of nitrogens with two attached hydrogens (primary N) is 1. The summed E-state index contributed by atoms with van der Waals surface area (Å²) in [7, 11) is 1.40. The van der Waals surface area contributed by atoms with E-state index in [1.807, 2.05) is 5.43 Å². The van der Waals surface area contributed by atoms with Crippen molar-refractivity contribution >= 4 is 34.0 Å². The van der Waals surface area contributed by atoms with Gasteiger partial charge in [-0.2, -0.15) is 5.10 Å². The van der Waals surface area contributed by atoms with Crippen LogP contribution in [0.2, 0.25) is 0 Å². The lowest BCUT2D eigenvalue weighted by molar-refractivity contribution is -0.137. The van der Waals surface area contributed by atoms with Crippen molar-refractivity contribution in [3.63, 3.8) is 0 Å². The molecule has 0 saturated heterocycles. The van der Waals surface area contributed by atoms with E-state index in [1.165, 1.54) is 19.4 Å². The van der Waals surface area contributed by atoms with Crippen LogP contribution in [0, 0.1) is 0 Å². The summed E-state index contributed by atoms with van der Waals surface area (Å²) in [5, 5.41) is 13.1. The fourth-order valence-corrected chi connectivity index (χ4v) is 1.50. The molecule has 0 spiro atoms. The monoisotopic (exact) mass is 315 g/mol. The zero-order valence-electron chi connectivity index (χ0n) is 9.31. The van der Waals surface area contributed by atoms with Crippen LogP contribution in [-0.2, 0) is 9.59 Å². The summed E-state index contributed by atoms with van der Waals surface area (Å²) in [6, 6.07) is 3.05. The standard InChI is InChI=1S/C10H10BrN3O4/c1-18-7-3-5(2-6(11)8(7)15)4-13-14-10(17)9(12)16/h2-4,15H,1H3,(H2,12,16)(H,14,17). The number of amides is 2. The Balaban J connectivity index is 2.85. The average Bonchev–Trinajstić information content (AvgIpc) is 2.33. The first-order valence-electron chi connectivity index (χ1n) is 4.65. The minimum Gasteiger partial charge on any atom is -0.503 e. The summed E-state index contributed by atoms with van der Waals surface area (Å²) in [5.41, 5.74) is 7.20. The van der Waals surface area contributed by atoms with Gasteiger partial charge in [-0.1, -0.05) is 0 Å². The summed E-state index contributed by atoms with van der Waals surface area (Å²) in [4.78, 5) is 21.2. The number of carbonyl (C=O) groups is 2. The second kappa shape index (κ2) is 6.01. The lowest BCUT2D eigenvalue weighted by atomic mass is 10.2. The van der Waals surface area contributed by atoms with Crippen molar-refractivity contribution < 1.29 is 19.4 Å². The maximum absolute atomic E-state index is 10.8. The third-order valence-corrected chi connectivity index (χ3v) is 2.48. The maximum atomic E-state index is 10.8. The zero-order chi connectivity index (χ0) is 13.7. The first-order chi connectivity index (χ1) is 8.45. The number of phenols is 1. The number of aromatic hydroxyl groups is 1. The number of hydrogen-bond acceptors (Lipinski definition) is 5. The summed E-state index contributed by atoms with van der Waals surface area (Å²) in [6.07, 6.45) is 1.27. The molecule has 0 aliphatic heterocycles. The smallest absolute Gasteiger partial charge is 0.329 e. The van der Waals surface area contributed by atoms with E-state index in [0.717, 1.165) is 0 Å². The second-order valence-corrected chi connectivity index (χ2v) is 3.97. The van der Waals surface area contributed by atoms with Gasteiger partial charge in [0.15, 0.2) is 11.5 Å². The van der Waals surface area contributed by atoms with Gasteiger partial charge in [0.1, 0.15) is 0 Å². The Kier molecular flexibility index (Phi) is 4.67. The normalized spacial score (nSPS) is 10.3. The first-order valence-corrected chi connectivity index (χ1v) is 5.44. The molecule has 0 bridgehead atoms. The Morgan fingerprint density at radius 2 is 2.22 bits per heavy atom. The number of halogens is 1. The third kappa shape index (κ3) is 3.45. The van der Waals surface area contributed by atoms with Gasteiger partial charge in [-0.15, -0.1) is 0 Å². The fourth-order valence-electron chi connectivity index (χ4n) is 1.04. The van der Waals surface area contributed by atoms with Crippen LogP contribution in [0.5, 0.6) is 11.5 Å². The Hall–Kier alpha value is -2.09. The van der Waals surface area contributed by atoms with Gasteiger partial charge in [0.2, 0.25) is 0 Å². The van der Waals surface area contributed by atoms with Gasteiger partial charge >= 0.3 is 11.8 Å². The molecule has 8 heteroatoms. The molecule has 1 aromatic carbocycles. The molecule has 0 aromatic heterocycles. The van der Waals surface area contributed by atoms with Gasteiger partial charge < -0.3 is 15.6 Å². The molecule has 1 aromatic rings. The maximum Gasteiger partial charge on any atom is 0.329 e. The number of phenolic OH excluding ortho intramolecular Hbond substituents is 1. The average molecular weight is 316 g/mol. The fraction of sp³-hybridized carbons (Fsp3) is 0.100. The lowest BCUT2D eigenvalue weighted by Crippen LogP contribution is -2.32. The molecule has 18 heavy (non-hydrogen) atoms. The van der Waals surface area contributed by atoms with Crippen LogP contribution in [0.3, 0.4) is 0 Å². The molecule has 0 aliphatic carbocycles. The van der Waals surface area contributed by atoms with Gasteiger partial charge in [-0.25, -0.2) is 5.43 Å². The van der Waals surface area contributed by atoms with Crippen LogP contribution in [0.4, 0.5) is 0 Å². The van der Waals surface area contributed by atoms with Crippen LogP contribution in [-0.4, -0.2) is 30.2 Å². The molecule has 0 radical (unpaired) electrons. The SMILES string of the molecule is COc1cc(C=NNC(=O)C(N)=O)cc(Br)c1O. The summed E-state index contributed by atoms with van der Waals surface area (Å²) >= 11 is 3.13. The number of nitrogens with one attached hydrogen (secondary N) is 1. The van der Waals surface area contributed by atoms with E-state index in [0.29, 0.717) is 10.0 Å². The minimum absolute atomic E-state index is 0.0455. The second-order valence-electron chi connectivity index (χ2n) is 3.12. The number of benzene rings is 1. The van der Waals surface area contributed by atoms with E-state index >= 15 is 0 Å². The van der Waals surface area contributed by atoms with E-state index in [4.69, 9.17) is 10.5 Å². The van der Waals surface area contributed by atoms with E-state index in [1.54, 1.807) is 6.07 Å². The molecule has 0 aliphatic rings. The summed E-state index contributed by atoms with van der Waals surface area (Å²) in [5.74, 6) is -1.95. The van der Waals surface area contributed by atoms with Gasteiger partial charge in [0.25, 0.3) is 0 Å². The summed E-state index contributed by atoms with van der Waals surface area (Å²) in [6.45, 7) is 0. The molecule has 7 nitrogen and oxygen atoms in total. The third-order valence-electron chi connectivity index (χ3n) is 1.87. The highest BCUT2D eigenvalue weighted by Crippen LogP contribution is 2.34. The van der Waals surface area contributed by atoms with Gasteiger partial charge in [-0.3, -0.25) is 9.59 Å². The Morgan fingerprint density at radius 3 is 2.78 bits per heavy atom. The van der Waals surface area contributed by atoms with E-state index in [2.05, 4.69) is 21.0 Å². The number of primary amides is 1. The molecule has 1 rings (SSSR count). The van der Waals surface area contributed by atoms with Crippen molar-refractivity contribution in [1.29, 1.82) is 0 Å². The molecule has 0 atom stereocenters. The summed E-state index contributed by atoms with van der Waals surface area (Å²) < 4.78 is 5.34. The van der Waals surface area contributed by atoms with Crippen molar-refractivity contribution in [3.8, 4) is 11.5 Å².